The second-order valence-electron chi connectivity index (χ2n) is 10.9. The van der Waals surface area contributed by atoms with Gasteiger partial charge in [0.2, 0.25) is 5.91 Å². The van der Waals surface area contributed by atoms with Gasteiger partial charge in [0.1, 0.15) is 6.04 Å². The number of aliphatic carboxylic acids is 1. The molecule has 10 N–H and O–H groups in total. The lowest BCUT2D eigenvalue weighted by Gasteiger charge is -2.25. The van der Waals surface area contributed by atoms with E-state index in [9.17, 15) is 19.5 Å². The number of unbranched alkanes of at least 4 members (excludes halogenated alkanes) is 2. The van der Waals surface area contributed by atoms with E-state index in [4.69, 9.17) is 34.2 Å². The van der Waals surface area contributed by atoms with E-state index in [1.165, 1.54) is 10.5 Å². The summed E-state index contributed by atoms with van der Waals surface area (Å²) in [5.41, 5.74) is 20.8. The average molecular weight is 652 g/mol. The van der Waals surface area contributed by atoms with Crippen molar-refractivity contribution in [2.45, 2.75) is 57.4 Å². The van der Waals surface area contributed by atoms with Crippen LogP contribution in [0.25, 0.3) is 11.1 Å². The summed E-state index contributed by atoms with van der Waals surface area (Å²) in [7, 11) is 1.55. The molecule has 2 amide bonds. The van der Waals surface area contributed by atoms with Crippen LogP contribution in [0.2, 0.25) is 5.15 Å². The number of carbonyl (C=O) groups excluding carboxylic acids is 2. The molecule has 1 atom stereocenters. The van der Waals surface area contributed by atoms with Crippen molar-refractivity contribution in [3.05, 3.63) is 70.5 Å². The Morgan fingerprint density at radius 3 is 2.11 bits per heavy atom. The molecule has 0 unspecified atom stereocenters. The highest BCUT2D eigenvalue weighted by molar-refractivity contribution is 6.31. The van der Waals surface area contributed by atoms with E-state index in [1.807, 2.05) is 24.3 Å². The molecular weight excluding hydrogens is 610 g/mol. The first-order valence-electron chi connectivity index (χ1n) is 15.1. The van der Waals surface area contributed by atoms with Gasteiger partial charge in [-0.3, -0.25) is 20.3 Å². The molecule has 0 saturated carbocycles. The van der Waals surface area contributed by atoms with Crippen LogP contribution in [-0.4, -0.2) is 69.9 Å². The van der Waals surface area contributed by atoms with Crippen molar-refractivity contribution < 1.29 is 19.5 Å². The van der Waals surface area contributed by atoms with Crippen LogP contribution in [0.3, 0.4) is 0 Å². The van der Waals surface area contributed by atoms with Gasteiger partial charge in [-0.25, -0.2) is 14.8 Å². The van der Waals surface area contributed by atoms with Gasteiger partial charge in [-0.05, 0) is 73.7 Å². The smallest absolute Gasteiger partial charge is 0.326 e. The van der Waals surface area contributed by atoms with Gasteiger partial charge in [-0.1, -0.05) is 60.1 Å². The molecule has 3 rings (SSSR count). The number of hydrogen-bond acceptors (Lipinski definition) is 9. The number of likely N-dealkylation sites (N-methyl/N-ethyl adjacent to an activating group) is 1. The minimum Gasteiger partial charge on any atom is -0.480 e. The molecule has 46 heavy (non-hydrogen) atoms. The van der Waals surface area contributed by atoms with Crippen molar-refractivity contribution in [3.63, 3.8) is 0 Å². The second kappa shape index (κ2) is 17.7. The second-order valence-corrected chi connectivity index (χ2v) is 11.2. The van der Waals surface area contributed by atoms with Gasteiger partial charge in [0.25, 0.3) is 5.91 Å². The molecule has 0 aliphatic heterocycles. The summed E-state index contributed by atoms with van der Waals surface area (Å²) in [6.45, 7) is 0.989. The van der Waals surface area contributed by atoms with E-state index in [2.05, 4.69) is 44.9 Å². The summed E-state index contributed by atoms with van der Waals surface area (Å²) in [5.74, 6) is -2.34. The minimum absolute atomic E-state index is 0.0801. The molecule has 0 radical (unpaired) electrons. The number of anilines is 2. The number of carboxylic acids is 1. The van der Waals surface area contributed by atoms with Crippen molar-refractivity contribution in [2.75, 3.05) is 31.6 Å². The highest BCUT2D eigenvalue weighted by Crippen LogP contribution is 2.22. The maximum Gasteiger partial charge on any atom is 0.326 e. The van der Waals surface area contributed by atoms with Crippen LogP contribution in [0.1, 0.15) is 60.1 Å². The number of nitrogens with one attached hydrogen (secondary N) is 3. The van der Waals surface area contributed by atoms with Gasteiger partial charge in [-0.2, -0.15) is 0 Å². The van der Waals surface area contributed by atoms with Crippen LogP contribution in [0, 0.1) is 5.41 Å². The molecule has 2 aromatic carbocycles. The normalized spacial score (nSPS) is 11.5. The molecule has 0 spiro atoms. The summed E-state index contributed by atoms with van der Waals surface area (Å²) in [6, 6.07) is 15.5. The maximum absolute atomic E-state index is 12.7. The number of nitrogen functional groups attached to an aromatic ring is 2. The van der Waals surface area contributed by atoms with Crippen molar-refractivity contribution >= 4 is 47.0 Å². The quantitative estimate of drug-likeness (QED) is 0.0679. The number of amides is 2. The van der Waals surface area contributed by atoms with Crippen LogP contribution in [-0.2, 0) is 22.4 Å². The predicted molar refractivity (Wildman–Crippen MR) is 179 cm³/mol. The lowest BCUT2D eigenvalue weighted by Crippen LogP contribution is -2.42. The maximum atomic E-state index is 12.7. The number of hydrogen-bond donors (Lipinski definition) is 7. The molecule has 0 aliphatic carbocycles. The van der Waals surface area contributed by atoms with Crippen LogP contribution in [0.15, 0.2) is 48.5 Å². The van der Waals surface area contributed by atoms with E-state index >= 15 is 0 Å². The van der Waals surface area contributed by atoms with Crippen LogP contribution < -0.4 is 27.8 Å². The third-order valence-corrected chi connectivity index (χ3v) is 7.78. The fourth-order valence-corrected chi connectivity index (χ4v) is 4.91. The topological polar surface area (TPSA) is 226 Å². The fraction of sp³-hybridized carbons (Fsp3) is 0.375. The van der Waals surface area contributed by atoms with Crippen molar-refractivity contribution in [3.8, 4) is 11.1 Å². The van der Waals surface area contributed by atoms with Crippen molar-refractivity contribution in [1.29, 1.82) is 5.41 Å². The molecule has 0 saturated heterocycles. The van der Waals surface area contributed by atoms with Crippen molar-refractivity contribution in [2.24, 2.45) is 5.73 Å². The van der Waals surface area contributed by atoms with Crippen molar-refractivity contribution in [1.82, 2.24) is 25.5 Å². The largest absolute Gasteiger partial charge is 0.480 e. The molecular formula is C32H42ClN9O4. The Bertz CT molecular complexity index is 1500. The fourth-order valence-electron chi connectivity index (χ4n) is 4.79. The lowest BCUT2D eigenvalue weighted by molar-refractivity contribution is -0.149. The van der Waals surface area contributed by atoms with Gasteiger partial charge in [-0.15, -0.1) is 0 Å². The lowest BCUT2D eigenvalue weighted by atomic mass is 9.99. The number of guanidine groups is 1. The zero-order valence-electron chi connectivity index (χ0n) is 25.9. The molecule has 0 fully saturated rings. The standard InChI is InChI=1S/C32H42ClN9O4/c1-42(24(31(45)46)7-2-4-18-34)25(43)17-12-21-10-15-23(16-11-21)22-13-8-20(9-14-22)6-3-5-19-38-32(37)41-30(44)26-28(35)40-29(36)27(33)39-26/h8-11,13-16,24H,2-7,12,17-19,34H2,1H3,(H,45,46)(H4,35,36,40)(H3,37,38,41,44)/t24-/m1/s1. The zero-order chi connectivity index (χ0) is 33.6. The van der Waals surface area contributed by atoms with Crippen LogP contribution >= 0.6 is 11.6 Å². The Morgan fingerprint density at radius 1 is 0.913 bits per heavy atom. The number of benzene rings is 2. The Labute approximate surface area is 273 Å². The molecule has 0 bridgehead atoms. The van der Waals surface area contributed by atoms with Crippen LogP contribution in [0.5, 0.6) is 0 Å². The number of nitrogens with two attached hydrogens (primary N) is 3. The number of aromatic nitrogens is 2. The first-order chi connectivity index (χ1) is 22.0. The SMILES string of the molecule is CN(C(=O)CCc1ccc(-c2ccc(CCCCNC(=N)NC(=O)c3nc(Cl)c(N)nc3N)cc2)cc1)[C@H](CCCCN)C(=O)O. The zero-order valence-corrected chi connectivity index (χ0v) is 26.6. The van der Waals surface area contributed by atoms with Gasteiger partial charge >= 0.3 is 5.97 Å². The third-order valence-electron chi connectivity index (χ3n) is 7.50. The van der Waals surface area contributed by atoms with Crippen LogP contribution in [0.4, 0.5) is 11.6 Å². The summed E-state index contributed by atoms with van der Waals surface area (Å²) in [4.78, 5) is 45.5. The Morgan fingerprint density at radius 2 is 1.52 bits per heavy atom. The summed E-state index contributed by atoms with van der Waals surface area (Å²) in [6.07, 6.45) is 5.06. The number of nitrogens with zero attached hydrogens (tertiary/aromatic N) is 3. The number of carboxylic acid groups (broad SMARTS) is 1. The van der Waals surface area contributed by atoms with Gasteiger partial charge in [0.05, 0.1) is 0 Å². The highest BCUT2D eigenvalue weighted by atomic mass is 35.5. The summed E-state index contributed by atoms with van der Waals surface area (Å²) in [5, 5.41) is 22.5. The predicted octanol–water partition coefficient (Wildman–Crippen LogP) is 3.21. The first-order valence-corrected chi connectivity index (χ1v) is 15.5. The molecule has 13 nitrogen and oxygen atoms in total. The molecule has 14 heteroatoms. The molecule has 3 aromatic rings. The van der Waals surface area contributed by atoms with Gasteiger partial charge < -0.3 is 32.5 Å². The van der Waals surface area contributed by atoms with Gasteiger partial charge in [0, 0.05) is 20.0 Å². The molecule has 0 aliphatic rings. The molecule has 1 aromatic heterocycles. The minimum atomic E-state index is -0.996. The van der Waals surface area contributed by atoms with E-state index in [0.717, 1.165) is 42.4 Å². The number of aryl methyl sites for hydroxylation is 2. The Balaban J connectivity index is 1.39. The number of rotatable bonds is 16. The summed E-state index contributed by atoms with van der Waals surface area (Å²) >= 11 is 5.81. The van der Waals surface area contributed by atoms with E-state index < -0.39 is 17.9 Å². The summed E-state index contributed by atoms with van der Waals surface area (Å²) < 4.78 is 0. The van der Waals surface area contributed by atoms with Gasteiger partial charge in [0.15, 0.2) is 28.4 Å². The highest BCUT2D eigenvalue weighted by Gasteiger charge is 2.25. The number of carbonyl (C=O) groups is 3. The van der Waals surface area contributed by atoms with E-state index in [1.54, 1.807) is 7.05 Å². The Hall–Kier alpha value is -4.75. The first kappa shape index (κ1) is 35.7. The third kappa shape index (κ3) is 10.7. The Kier molecular flexibility index (Phi) is 13.7. The average Bonchev–Trinajstić information content (AvgIpc) is 3.03. The molecule has 246 valence electrons. The molecule has 1 heterocycles. The number of halogens is 1. The van der Waals surface area contributed by atoms with E-state index in [0.29, 0.717) is 32.4 Å². The van der Waals surface area contributed by atoms with E-state index in [-0.39, 0.29) is 40.8 Å². The monoisotopic (exact) mass is 651 g/mol.